The number of benzene rings is 2. The molecule has 154 valence electrons. The summed E-state index contributed by atoms with van der Waals surface area (Å²) in [6.07, 6.45) is 1.81. The molecule has 0 saturated carbocycles. The number of fused-ring (bicyclic) bond motifs is 1. The highest BCUT2D eigenvalue weighted by Gasteiger charge is 2.31. The number of rotatable bonds is 6. The van der Waals surface area contributed by atoms with Crippen LogP contribution in [0.2, 0.25) is 0 Å². The van der Waals surface area contributed by atoms with Crippen LogP contribution in [0, 0.1) is 5.82 Å². The number of hydrogen-bond acceptors (Lipinski definition) is 4. The molecule has 2 heterocycles. The van der Waals surface area contributed by atoms with Crippen molar-refractivity contribution in [3.05, 3.63) is 77.7 Å². The van der Waals surface area contributed by atoms with E-state index in [1.54, 1.807) is 18.3 Å². The minimum atomic E-state index is -0.557. The second-order valence-corrected chi connectivity index (χ2v) is 7.42. The third kappa shape index (κ3) is 4.80. The topological polar surface area (TPSA) is 74.3 Å². The van der Waals surface area contributed by atoms with Gasteiger partial charge in [-0.1, -0.05) is 30.3 Å². The highest BCUT2D eigenvalue weighted by Crippen LogP contribution is 2.15. The van der Waals surface area contributed by atoms with Crippen molar-refractivity contribution in [2.75, 3.05) is 13.1 Å². The van der Waals surface area contributed by atoms with Crippen molar-refractivity contribution in [3.63, 3.8) is 0 Å². The van der Waals surface area contributed by atoms with Gasteiger partial charge >= 0.3 is 0 Å². The minimum absolute atomic E-state index is 0.0635. The molecule has 7 heteroatoms. The van der Waals surface area contributed by atoms with Crippen molar-refractivity contribution in [1.82, 2.24) is 20.5 Å². The van der Waals surface area contributed by atoms with Gasteiger partial charge in [-0.15, -0.1) is 0 Å². The van der Waals surface area contributed by atoms with Gasteiger partial charge in [0.1, 0.15) is 5.82 Å². The number of carbonyl (C=O) groups is 2. The van der Waals surface area contributed by atoms with Crippen LogP contribution in [-0.4, -0.2) is 40.8 Å². The van der Waals surface area contributed by atoms with E-state index in [1.807, 2.05) is 35.2 Å². The number of amides is 2. The Labute approximate surface area is 174 Å². The van der Waals surface area contributed by atoms with Gasteiger partial charge in [-0.3, -0.25) is 19.5 Å². The molecule has 0 spiro atoms. The van der Waals surface area contributed by atoms with Crippen LogP contribution in [-0.2, 0) is 22.7 Å². The van der Waals surface area contributed by atoms with Gasteiger partial charge in [0.2, 0.25) is 11.8 Å². The molecule has 6 nitrogen and oxygen atoms in total. The lowest BCUT2D eigenvalue weighted by atomic mass is 10.1. The van der Waals surface area contributed by atoms with Crippen LogP contribution >= 0.6 is 0 Å². The van der Waals surface area contributed by atoms with E-state index in [0.29, 0.717) is 26.2 Å². The van der Waals surface area contributed by atoms with Crippen LogP contribution in [0.4, 0.5) is 4.39 Å². The van der Waals surface area contributed by atoms with Gasteiger partial charge < -0.3 is 10.6 Å². The summed E-state index contributed by atoms with van der Waals surface area (Å²) in [5.74, 6) is -0.658. The molecule has 2 aromatic carbocycles. The Morgan fingerprint density at radius 3 is 2.80 bits per heavy atom. The average molecular weight is 406 g/mol. The maximum absolute atomic E-state index is 13.2. The molecule has 1 aliphatic rings. The summed E-state index contributed by atoms with van der Waals surface area (Å²) >= 11 is 0. The van der Waals surface area contributed by atoms with Gasteiger partial charge in [-0.25, -0.2) is 4.39 Å². The molecule has 0 aliphatic carbocycles. The second-order valence-electron chi connectivity index (χ2n) is 7.42. The first kappa shape index (κ1) is 20.0. The molecule has 0 radical (unpaired) electrons. The van der Waals surface area contributed by atoms with Crippen LogP contribution in [0.5, 0.6) is 0 Å². The fourth-order valence-corrected chi connectivity index (χ4v) is 3.66. The highest BCUT2D eigenvalue weighted by molar-refractivity contribution is 5.88. The quantitative estimate of drug-likeness (QED) is 0.659. The number of carbonyl (C=O) groups excluding carboxylic acids is 2. The van der Waals surface area contributed by atoms with Crippen molar-refractivity contribution >= 4 is 22.7 Å². The molecule has 4 rings (SSSR count). The SMILES string of the molecule is O=C(CC1C(=O)NCCN1Cc1ccc(F)cc1)NCc1cnc2ccccc2c1. The van der Waals surface area contributed by atoms with E-state index < -0.39 is 6.04 Å². The maximum atomic E-state index is 13.2. The van der Waals surface area contributed by atoms with Crippen LogP contribution in [0.15, 0.2) is 60.8 Å². The van der Waals surface area contributed by atoms with E-state index in [9.17, 15) is 14.0 Å². The summed E-state index contributed by atoms with van der Waals surface area (Å²) in [5.41, 5.74) is 2.71. The Bertz CT molecular complexity index is 1050. The van der Waals surface area contributed by atoms with Crippen molar-refractivity contribution in [2.45, 2.75) is 25.6 Å². The third-order valence-corrected chi connectivity index (χ3v) is 5.26. The van der Waals surface area contributed by atoms with E-state index in [4.69, 9.17) is 0 Å². The number of hydrogen-bond donors (Lipinski definition) is 2. The Morgan fingerprint density at radius 1 is 1.17 bits per heavy atom. The number of nitrogens with one attached hydrogen (secondary N) is 2. The molecule has 1 saturated heterocycles. The number of nitrogens with zero attached hydrogens (tertiary/aromatic N) is 2. The molecule has 30 heavy (non-hydrogen) atoms. The molecular weight excluding hydrogens is 383 g/mol. The molecule has 2 amide bonds. The van der Waals surface area contributed by atoms with E-state index in [0.717, 1.165) is 22.0 Å². The number of piperazine rings is 1. The first-order valence-electron chi connectivity index (χ1n) is 9.95. The van der Waals surface area contributed by atoms with Gasteiger partial charge in [0, 0.05) is 37.8 Å². The van der Waals surface area contributed by atoms with E-state index in [-0.39, 0.29) is 24.1 Å². The lowest BCUT2D eigenvalue weighted by Gasteiger charge is -2.34. The summed E-state index contributed by atoms with van der Waals surface area (Å²) in [7, 11) is 0. The zero-order chi connectivity index (χ0) is 20.9. The summed E-state index contributed by atoms with van der Waals surface area (Å²) < 4.78 is 13.2. The highest BCUT2D eigenvalue weighted by atomic mass is 19.1. The monoisotopic (exact) mass is 406 g/mol. The smallest absolute Gasteiger partial charge is 0.237 e. The third-order valence-electron chi connectivity index (χ3n) is 5.26. The Morgan fingerprint density at radius 2 is 1.97 bits per heavy atom. The zero-order valence-electron chi connectivity index (χ0n) is 16.5. The summed E-state index contributed by atoms with van der Waals surface area (Å²) in [6, 6.07) is 15.4. The first-order chi connectivity index (χ1) is 14.6. The Hall–Kier alpha value is -3.32. The number of halogens is 1. The van der Waals surface area contributed by atoms with Crippen LogP contribution in [0.1, 0.15) is 17.5 Å². The minimum Gasteiger partial charge on any atom is -0.353 e. The molecule has 1 aliphatic heterocycles. The van der Waals surface area contributed by atoms with Crippen LogP contribution in [0.3, 0.4) is 0 Å². The van der Waals surface area contributed by atoms with Gasteiger partial charge in [-0.2, -0.15) is 0 Å². The lowest BCUT2D eigenvalue weighted by molar-refractivity contribution is -0.134. The van der Waals surface area contributed by atoms with Crippen LogP contribution < -0.4 is 10.6 Å². The summed E-state index contributed by atoms with van der Waals surface area (Å²) in [4.78, 5) is 31.3. The predicted molar refractivity (Wildman–Crippen MR) is 112 cm³/mol. The molecular formula is C23H23FN4O2. The fourth-order valence-electron chi connectivity index (χ4n) is 3.66. The maximum Gasteiger partial charge on any atom is 0.237 e. The van der Waals surface area contributed by atoms with Gasteiger partial charge in [0.05, 0.1) is 18.0 Å². The van der Waals surface area contributed by atoms with Crippen molar-refractivity contribution in [2.24, 2.45) is 0 Å². The number of pyridine rings is 1. The molecule has 1 unspecified atom stereocenters. The number of aromatic nitrogens is 1. The Balaban J connectivity index is 1.37. The molecule has 2 N–H and O–H groups in total. The predicted octanol–water partition coefficient (Wildman–Crippen LogP) is 2.38. The molecule has 0 bridgehead atoms. The standard InChI is InChI=1S/C23H23FN4O2/c24-19-7-5-16(6-8-19)15-28-10-9-25-23(30)21(28)12-22(29)27-14-17-11-18-3-1-2-4-20(18)26-13-17/h1-8,11,13,21H,9-10,12,14-15H2,(H,25,30)(H,27,29). The zero-order valence-corrected chi connectivity index (χ0v) is 16.5. The van der Waals surface area contributed by atoms with Gasteiger partial charge in [0.25, 0.3) is 0 Å². The first-order valence-corrected chi connectivity index (χ1v) is 9.95. The summed E-state index contributed by atoms with van der Waals surface area (Å²) in [5, 5.41) is 6.73. The molecule has 1 fully saturated rings. The van der Waals surface area contributed by atoms with Crippen LogP contribution in [0.25, 0.3) is 10.9 Å². The normalized spacial score (nSPS) is 17.0. The molecule has 3 aromatic rings. The molecule has 1 aromatic heterocycles. The van der Waals surface area contributed by atoms with Gasteiger partial charge in [0.15, 0.2) is 0 Å². The summed E-state index contributed by atoms with van der Waals surface area (Å²) in [6.45, 7) is 2.00. The van der Waals surface area contributed by atoms with Crippen molar-refractivity contribution in [3.8, 4) is 0 Å². The van der Waals surface area contributed by atoms with E-state index in [1.165, 1.54) is 12.1 Å². The van der Waals surface area contributed by atoms with E-state index >= 15 is 0 Å². The molecule has 1 atom stereocenters. The number of para-hydroxylation sites is 1. The van der Waals surface area contributed by atoms with Gasteiger partial charge in [-0.05, 0) is 35.4 Å². The largest absolute Gasteiger partial charge is 0.353 e. The van der Waals surface area contributed by atoms with E-state index in [2.05, 4.69) is 15.6 Å². The van der Waals surface area contributed by atoms with Crippen molar-refractivity contribution < 1.29 is 14.0 Å². The Kier molecular flexibility index (Phi) is 5.99. The fraction of sp³-hybridized carbons (Fsp3) is 0.261. The second kappa shape index (κ2) is 9.00. The van der Waals surface area contributed by atoms with Crippen molar-refractivity contribution in [1.29, 1.82) is 0 Å². The lowest BCUT2D eigenvalue weighted by Crippen LogP contribution is -2.56. The average Bonchev–Trinajstić information content (AvgIpc) is 2.76.